The quantitative estimate of drug-likeness (QED) is 0.854. The standard InChI is InChI=1S/C16H19FN2O2S2.ClH/c17-14-4-1-3-13(11-14)16-12-18-7-8-19(16)23(20,21)10-6-15-5-2-9-22-15;/h1-5,9,11,16,18H,6-8,10,12H2;1H. The highest BCUT2D eigenvalue weighted by atomic mass is 35.5. The van der Waals surface area contributed by atoms with Gasteiger partial charge in [-0.25, -0.2) is 12.8 Å². The smallest absolute Gasteiger partial charge is 0.215 e. The van der Waals surface area contributed by atoms with E-state index < -0.39 is 10.0 Å². The van der Waals surface area contributed by atoms with Crippen LogP contribution in [0.3, 0.4) is 0 Å². The minimum atomic E-state index is -3.39. The summed E-state index contributed by atoms with van der Waals surface area (Å²) in [6.07, 6.45) is 0.514. The number of hydrogen-bond acceptors (Lipinski definition) is 4. The molecular weight excluding hydrogens is 371 g/mol. The van der Waals surface area contributed by atoms with Gasteiger partial charge in [0.05, 0.1) is 11.8 Å². The van der Waals surface area contributed by atoms with Crippen molar-refractivity contribution < 1.29 is 12.8 Å². The van der Waals surface area contributed by atoms with Gasteiger partial charge in [0.2, 0.25) is 10.0 Å². The van der Waals surface area contributed by atoms with E-state index in [4.69, 9.17) is 0 Å². The van der Waals surface area contributed by atoms with Gasteiger partial charge in [0.15, 0.2) is 0 Å². The Morgan fingerprint density at radius 1 is 1.29 bits per heavy atom. The summed E-state index contributed by atoms with van der Waals surface area (Å²) in [5.41, 5.74) is 0.692. The summed E-state index contributed by atoms with van der Waals surface area (Å²) in [5, 5.41) is 5.14. The summed E-state index contributed by atoms with van der Waals surface area (Å²) >= 11 is 1.56. The zero-order chi connectivity index (χ0) is 16.3. The number of sulfonamides is 1. The second-order valence-electron chi connectivity index (χ2n) is 5.53. The van der Waals surface area contributed by atoms with Crippen LogP contribution >= 0.6 is 23.7 Å². The van der Waals surface area contributed by atoms with Crippen molar-refractivity contribution in [1.29, 1.82) is 0 Å². The lowest BCUT2D eigenvalue weighted by molar-refractivity contribution is 0.271. The van der Waals surface area contributed by atoms with Crippen molar-refractivity contribution in [3.63, 3.8) is 0 Å². The van der Waals surface area contributed by atoms with Crippen LogP contribution in [0.2, 0.25) is 0 Å². The number of nitrogens with one attached hydrogen (secondary N) is 1. The second kappa shape index (κ2) is 8.40. The van der Waals surface area contributed by atoms with E-state index in [0.717, 1.165) is 4.88 Å². The normalized spacial score (nSPS) is 19.0. The average molecular weight is 391 g/mol. The maximum Gasteiger partial charge on any atom is 0.215 e. The number of aryl methyl sites for hydroxylation is 1. The number of halogens is 2. The molecule has 1 N–H and O–H groups in total. The Kier molecular flexibility index (Phi) is 6.77. The molecule has 0 spiro atoms. The van der Waals surface area contributed by atoms with Crippen molar-refractivity contribution in [2.45, 2.75) is 12.5 Å². The lowest BCUT2D eigenvalue weighted by Crippen LogP contribution is -2.49. The fourth-order valence-electron chi connectivity index (χ4n) is 2.82. The molecule has 8 heteroatoms. The summed E-state index contributed by atoms with van der Waals surface area (Å²) < 4.78 is 40.5. The highest BCUT2D eigenvalue weighted by Crippen LogP contribution is 2.26. The van der Waals surface area contributed by atoms with Gasteiger partial charge in [-0.1, -0.05) is 18.2 Å². The maximum atomic E-state index is 13.5. The fourth-order valence-corrected chi connectivity index (χ4v) is 5.32. The SMILES string of the molecule is Cl.O=S(=O)(CCc1cccs1)N1CCNCC1c1cccc(F)c1. The molecule has 0 saturated carbocycles. The molecule has 3 rings (SSSR count). The Balaban J connectivity index is 0.00000208. The minimum absolute atomic E-state index is 0. The second-order valence-corrected chi connectivity index (χ2v) is 8.60. The van der Waals surface area contributed by atoms with E-state index in [-0.39, 0.29) is 30.0 Å². The molecular formula is C16H20ClFN2O2S2. The molecule has 1 aromatic heterocycles. The van der Waals surface area contributed by atoms with E-state index in [1.807, 2.05) is 17.5 Å². The van der Waals surface area contributed by atoms with E-state index in [9.17, 15) is 12.8 Å². The predicted molar refractivity (Wildman–Crippen MR) is 97.8 cm³/mol. The number of nitrogens with zero attached hydrogens (tertiary/aromatic N) is 1. The lowest BCUT2D eigenvalue weighted by atomic mass is 10.1. The van der Waals surface area contributed by atoms with E-state index in [2.05, 4.69) is 5.32 Å². The van der Waals surface area contributed by atoms with Crippen LogP contribution < -0.4 is 5.32 Å². The van der Waals surface area contributed by atoms with Crippen LogP contribution in [0.15, 0.2) is 41.8 Å². The Morgan fingerprint density at radius 2 is 2.12 bits per heavy atom. The van der Waals surface area contributed by atoms with E-state index >= 15 is 0 Å². The summed E-state index contributed by atoms with van der Waals surface area (Å²) in [5.74, 6) is -0.261. The van der Waals surface area contributed by atoms with Crippen LogP contribution in [0.1, 0.15) is 16.5 Å². The largest absolute Gasteiger partial charge is 0.313 e. The predicted octanol–water partition coefficient (Wildman–Crippen LogP) is 2.83. The Labute approximate surface area is 152 Å². The topological polar surface area (TPSA) is 49.4 Å². The van der Waals surface area contributed by atoms with Gasteiger partial charge in [-0.05, 0) is 35.6 Å². The van der Waals surface area contributed by atoms with Crippen LogP contribution in [0.25, 0.3) is 0 Å². The van der Waals surface area contributed by atoms with Crippen LogP contribution in [0, 0.1) is 5.82 Å². The maximum absolute atomic E-state index is 13.5. The monoisotopic (exact) mass is 390 g/mol. The summed E-state index contributed by atoms with van der Waals surface area (Å²) in [7, 11) is -3.39. The molecule has 1 fully saturated rings. The van der Waals surface area contributed by atoms with Crippen LogP contribution in [0.4, 0.5) is 4.39 Å². The summed E-state index contributed by atoms with van der Waals surface area (Å²) in [6.45, 7) is 1.53. The summed E-state index contributed by atoms with van der Waals surface area (Å²) in [4.78, 5) is 1.06. The highest BCUT2D eigenvalue weighted by Gasteiger charge is 2.33. The third kappa shape index (κ3) is 4.55. The number of benzene rings is 1. The third-order valence-electron chi connectivity index (χ3n) is 3.97. The van der Waals surface area contributed by atoms with Crippen molar-refractivity contribution in [3.8, 4) is 0 Å². The third-order valence-corrected chi connectivity index (χ3v) is 6.78. The van der Waals surface area contributed by atoms with Crippen molar-refractivity contribution in [3.05, 3.63) is 58.0 Å². The summed E-state index contributed by atoms with van der Waals surface area (Å²) in [6, 6.07) is 9.70. The first-order chi connectivity index (χ1) is 11.1. The molecule has 0 amide bonds. The molecule has 0 aliphatic carbocycles. The van der Waals surface area contributed by atoms with Gasteiger partial charge >= 0.3 is 0 Å². The average Bonchev–Trinajstić information content (AvgIpc) is 3.07. The van der Waals surface area contributed by atoms with Gasteiger partial charge in [0, 0.05) is 24.5 Å². The molecule has 2 aromatic rings. The molecule has 24 heavy (non-hydrogen) atoms. The van der Waals surface area contributed by atoms with Crippen molar-refractivity contribution in [2.24, 2.45) is 0 Å². The molecule has 132 valence electrons. The molecule has 0 bridgehead atoms. The first-order valence-electron chi connectivity index (χ1n) is 7.54. The zero-order valence-corrected chi connectivity index (χ0v) is 15.5. The van der Waals surface area contributed by atoms with Gasteiger partial charge in [0.25, 0.3) is 0 Å². The van der Waals surface area contributed by atoms with Crippen molar-refractivity contribution in [1.82, 2.24) is 9.62 Å². The molecule has 1 atom stereocenters. The molecule has 1 aliphatic heterocycles. The molecule has 4 nitrogen and oxygen atoms in total. The van der Waals surface area contributed by atoms with Crippen LogP contribution in [0.5, 0.6) is 0 Å². The lowest BCUT2D eigenvalue weighted by Gasteiger charge is -2.35. The van der Waals surface area contributed by atoms with Crippen molar-refractivity contribution in [2.75, 3.05) is 25.4 Å². The molecule has 1 aromatic carbocycles. The first kappa shape index (κ1) is 19.3. The van der Waals surface area contributed by atoms with E-state index in [1.54, 1.807) is 23.5 Å². The van der Waals surface area contributed by atoms with Crippen LogP contribution in [-0.2, 0) is 16.4 Å². The highest BCUT2D eigenvalue weighted by molar-refractivity contribution is 7.89. The molecule has 1 aliphatic rings. The Morgan fingerprint density at radius 3 is 2.83 bits per heavy atom. The number of rotatable bonds is 5. The molecule has 2 heterocycles. The molecule has 1 unspecified atom stereocenters. The molecule has 1 saturated heterocycles. The van der Waals surface area contributed by atoms with E-state index in [0.29, 0.717) is 31.6 Å². The van der Waals surface area contributed by atoms with Gasteiger partial charge in [-0.2, -0.15) is 4.31 Å². The first-order valence-corrected chi connectivity index (χ1v) is 10.0. The van der Waals surface area contributed by atoms with Gasteiger partial charge < -0.3 is 5.32 Å². The Bertz CT molecular complexity index is 753. The van der Waals surface area contributed by atoms with Gasteiger partial charge in [-0.3, -0.25) is 0 Å². The number of hydrogen-bond donors (Lipinski definition) is 1. The number of piperazine rings is 1. The Hall–Kier alpha value is -0.990. The van der Waals surface area contributed by atoms with E-state index in [1.165, 1.54) is 16.4 Å². The van der Waals surface area contributed by atoms with Crippen molar-refractivity contribution >= 4 is 33.8 Å². The van der Waals surface area contributed by atoms with Gasteiger partial charge in [-0.15, -0.1) is 23.7 Å². The van der Waals surface area contributed by atoms with Crippen LogP contribution in [-0.4, -0.2) is 38.1 Å². The molecule has 0 radical (unpaired) electrons. The minimum Gasteiger partial charge on any atom is -0.313 e. The fraction of sp³-hybridized carbons (Fsp3) is 0.375. The van der Waals surface area contributed by atoms with Gasteiger partial charge in [0.1, 0.15) is 5.82 Å². The zero-order valence-electron chi connectivity index (χ0n) is 13.0. The number of thiophene rings is 1.